The third-order valence-electron chi connectivity index (χ3n) is 5.11. The molecule has 152 valence electrons. The summed E-state index contributed by atoms with van der Waals surface area (Å²) in [6.07, 6.45) is 5.95. The van der Waals surface area contributed by atoms with E-state index in [0.29, 0.717) is 30.4 Å². The normalized spacial score (nSPS) is 17.1. The van der Waals surface area contributed by atoms with Gasteiger partial charge in [0.05, 0.1) is 12.2 Å². The Kier molecular flexibility index (Phi) is 5.39. The lowest BCUT2D eigenvalue weighted by molar-refractivity contribution is 0.0568. The lowest BCUT2D eigenvalue weighted by atomic mass is 9.99. The Labute approximate surface area is 169 Å². The maximum Gasteiger partial charge on any atom is 0.254 e. The van der Waals surface area contributed by atoms with E-state index in [1.54, 1.807) is 11.0 Å². The van der Waals surface area contributed by atoms with Crippen molar-refractivity contribution in [3.63, 3.8) is 0 Å². The Hall–Kier alpha value is -3.07. The zero-order chi connectivity index (χ0) is 20.4. The van der Waals surface area contributed by atoms with Gasteiger partial charge in [0.1, 0.15) is 18.7 Å². The Morgan fingerprint density at radius 3 is 2.86 bits per heavy atom. The number of aromatic nitrogens is 5. The third kappa shape index (κ3) is 4.04. The number of aryl methyl sites for hydroxylation is 1. The molecule has 1 saturated heterocycles. The van der Waals surface area contributed by atoms with Crippen molar-refractivity contribution in [2.75, 3.05) is 20.6 Å². The van der Waals surface area contributed by atoms with Crippen molar-refractivity contribution in [3.05, 3.63) is 53.8 Å². The molecule has 1 amide bonds. The average molecular weight is 395 g/mol. The van der Waals surface area contributed by atoms with Gasteiger partial charge in [0.2, 0.25) is 11.8 Å². The summed E-state index contributed by atoms with van der Waals surface area (Å²) in [7, 11) is 3.90. The van der Waals surface area contributed by atoms with E-state index in [9.17, 15) is 4.79 Å². The highest BCUT2D eigenvalue weighted by Crippen LogP contribution is 2.32. The average Bonchev–Trinajstić information content (AvgIpc) is 3.39. The van der Waals surface area contributed by atoms with Crippen molar-refractivity contribution in [2.45, 2.75) is 38.8 Å². The second-order valence-electron chi connectivity index (χ2n) is 7.62. The van der Waals surface area contributed by atoms with E-state index in [0.717, 1.165) is 30.5 Å². The van der Waals surface area contributed by atoms with Crippen molar-refractivity contribution >= 4 is 5.91 Å². The van der Waals surface area contributed by atoms with Crippen molar-refractivity contribution in [2.24, 2.45) is 0 Å². The monoisotopic (exact) mass is 395 g/mol. The number of carbonyl (C=O) groups excluding carboxylic acids is 1. The van der Waals surface area contributed by atoms with Crippen LogP contribution in [-0.4, -0.2) is 61.3 Å². The minimum atomic E-state index is -0.186. The number of nitrogens with zero attached hydrogens (tertiary/aromatic N) is 7. The molecular weight excluding hydrogens is 370 g/mol. The molecule has 3 aromatic rings. The number of likely N-dealkylation sites (tertiary alicyclic amines) is 1. The molecule has 9 nitrogen and oxygen atoms in total. The van der Waals surface area contributed by atoms with E-state index in [4.69, 9.17) is 4.42 Å². The Morgan fingerprint density at radius 1 is 1.28 bits per heavy atom. The Morgan fingerprint density at radius 2 is 2.14 bits per heavy atom. The number of carbonyl (C=O) groups is 1. The summed E-state index contributed by atoms with van der Waals surface area (Å²) >= 11 is 0. The van der Waals surface area contributed by atoms with Crippen LogP contribution in [0.4, 0.5) is 0 Å². The molecule has 3 heterocycles. The molecule has 1 aliphatic rings. The van der Waals surface area contributed by atoms with E-state index in [-0.39, 0.29) is 11.9 Å². The lowest BCUT2D eigenvalue weighted by Gasteiger charge is -2.34. The fraction of sp³-hybridized carbons (Fsp3) is 0.450. The van der Waals surface area contributed by atoms with Gasteiger partial charge in [-0.15, -0.1) is 10.2 Å². The van der Waals surface area contributed by atoms with Crippen LogP contribution in [-0.2, 0) is 6.54 Å². The number of benzene rings is 1. The zero-order valence-corrected chi connectivity index (χ0v) is 16.9. The predicted octanol–water partition coefficient (Wildman–Crippen LogP) is 2.39. The second-order valence-corrected chi connectivity index (χ2v) is 7.62. The summed E-state index contributed by atoms with van der Waals surface area (Å²) in [4.78, 5) is 21.2. The highest BCUT2D eigenvalue weighted by Gasteiger charge is 2.33. The first-order chi connectivity index (χ1) is 14.0. The highest BCUT2D eigenvalue weighted by molar-refractivity contribution is 5.96. The summed E-state index contributed by atoms with van der Waals surface area (Å²) in [5.74, 6) is 1.08. The van der Waals surface area contributed by atoms with Crippen LogP contribution in [0.5, 0.6) is 0 Å². The summed E-state index contributed by atoms with van der Waals surface area (Å²) in [5.41, 5.74) is 2.44. The van der Waals surface area contributed by atoms with Gasteiger partial charge in [-0.05, 0) is 64.0 Å². The van der Waals surface area contributed by atoms with E-state index in [1.165, 1.54) is 6.33 Å². The first-order valence-corrected chi connectivity index (χ1v) is 9.76. The smallest absolute Gasteiger partial charge is 0.254 e. The van der Waals surface area contributed by atoms with Crippen LogP contribution in [0.1, 0.15) is 53.0 Å². The SMILES string of the molecule is Cc1cc(-n2cncn2)ccc1C(=O)N1CCCCC1c1nnc(CN(C)C)o1. The van der Waals surface area contributed by atoms with Crippen LogP contribution in [0.15, 0.2) is 35.3 Å². The first-order valence-electron chi connectivity index (χ1n) is 9.76. The summed E-state index contributed by atoms with van der Waals surface area (Å²) in [6, 6.07) is 5.50. The molecule has 0 saturated carbocycles. The maximum atomic E-state index is 13.4. The number of rotatable bonds is 5. The van der Waals surface area contributed by atoms with Crippen molar-refractivity contribution < 1.29 is 9.21 Å². The van der Waals surface area contributed by atoms with Crippen molar-refractivity contribution in [3.8, 4) is 5.69 Å². The minimum Gasteiger partial charge on any atom is -0.422 e. The molecule has 0 spiro atoms. The van der Waals surface area contributed by atoms with Gasteiger partial charge in [-0.1, -0.05) is 0 Å². The third-order valence-corrected chi connectivity index (χ3v) is 5.11. The van der Waals surface area contributed by atoms with Crippen LogP contribution in [0, 0.1) is 6.92 Å². The van der Waals surface area contributed by atoms with Crippen molar-refractivity contribution in [1.29, 1.82) is 0 Å². The maximum absolute atomic E-state index is 13.4. The van der Waals surface area contributed by atoms with Gasteiger partial charge in [-0.2, -0.15) is 5.10 Å². The highest BCUT2D eigenvalue weighted by atomic mass is 16.4. The Bertz CT molecular complexity index is 981. The minimum absolute atomic E-state index is 0.00954. The molecule has 1 atom stereocenters. The summed E-state index contributed by atoms with van der Waals surface area (Å²) < 4.78 is 7.55. The van der Waals surface area contributed by atoms with Crippen LogP contribution in [0.25, 0.3) is 5.69 Å². The van der Waals surface area contributed by atoms with Gasteiger partial charge in [0.15, 0.2) is 0 Å². The van der Waals surface area contributed by atoms with Crippen LogP contribution >= 0.6 is 0 Å². The molecule has 29 heavy (non-hydrogen) atoms. The van der Waals surface area contributed by atoms with Crippen LogP contribution in [0.3, 0.4) is 0 Å². The molecule has 0 N–H and O–H groups in total. The lowest BCUT2D eigenvalue weighted by Crippen LogP contribution is -2.39. The fourth-order valence-electron chi connectivity index (χ4n) is 3.69. The van der Waals surface area contributed by atoms with E-state index in [2.05, 4.69) is 20.3 Å². The molecule has 0 radical (unpaired) electrons. The molecular formula is C20H25N7O2. The van der Waals surface area contributed by atoms with Gasteiger partial charge >= 0.3 is 0 Å². The molecule has 1 aromatic carbocycles. The van der Waals surface area contributed by atoms with Gasteiger partial charge in [-0.25, -0.2) is 9.67 Å². The first kappa shape index (κ1) is 19.3. The van der Waals surface area contributed by atoms with E-state index < -0.39 is 0 Å². The van der Waals surface area contributed by atoms with Gasteiger partial charge in [0.25, 0.3) is 5.91 Å². The fourth-order valence-corrected chi connectivity index (χ4v) is 3.69. The number of hydrogen-bond donors (Lipinski definition) is 0. The molecule has 4 rings (SSSR count). The topological polar surface area (TPSA) is 93.2 Å². The molecule has 0 aliphatic carbocycles. The molecule has 0 bridgehead atoms. The quantitative estimate of drug-likeness (QED) is 0.655. The molecule has 9 heteroatoms. The van der Waals surface area contributed by atoms with Crippen LogP contribution < -0.4 is 0 Å². The van der Waals surface area contributed by atoms with Gasteiger partial charge in [-0.3, -0.25) is 4.79 Å². The number of hydrogen-bond acceptors (Lipinski definition) is 7. The van der Waals surface area contributed by atoms with E-state index >= 15 is 0 Å². The van der Waals surface area contributed by atoms with Crippen molar-refractivity contribution in [1.82, 2.24) is 34.8 Å². The standard InChI is InChI=1S/C20H25N7O2/c1-14-10-15(27-13-21-12-22-27)7-8-16(14)20(28)26-9-5-4-6-17(26)19-24-23-18(29-19)11-25(2)3/h7-8,10,12-13,17H,4-6,9,11H2,1-3H3. The molecule has 1 aliphatic heterocycles. The summed E-state index contributed by atoms with van der Waals surface area (Å²) in [6.45, 7) is 3.20. The predicted molar refractivity (Wildman–Crippen MR) is 105 cm³/mol. The van der Waals surface area contributed by atoms with E-state index in [1.807, 2.05) is 49.0 Å². The van der Waals surface area contributed by atoms with Gasteiger partial charge in [0, 0.05) is 12.1 Å². The van der Waals surface area contributed by atoms with Gasteiger partial charge < -0.3 is 14.2 Å². The molecule has 1 fully saturated rings. The van der Waals surface area contributed by atoms with Crippen LogP contribution in [0.2, 0.25) is 0 Å². The zero-order valence-electron chi connectivity index (χ0n) is 16.9. The molecule has 1 unspecified atom stereocenters. The number of amides is 1. The Balaban J connectivity index is 1.58. The number of piperidine rings is 1. The summed E-state index contributed by atoms with van der Waals surface area (Å²) in [5, 5.41) is 12.5. The largest absolute Gasteiger partial charge is 0.422 e. The second kappa shape index (κ2) is 8.12. The molecule has 2 aromatic heterocycles.